The summed E-state index contributed by atoms with van der Waals surface area (Å²) in [6.45, 7) is 0. The van der Waals surface area contributed by atoms with Gasteiger partial charge in [0.15, 0.2) is 0 Å². The lowest BCUT2D eigenvalue weighted by molar-refractivity contribution is -0.110. The number of allylic oxidation sites excluding steroid dienone is 1. The number of fused-ring (bicyclic) bond motifs is 2. The number of hydrogen-bond acceptors (Lipinski definition) is 2. The van der Waals surface area contributed by atoms with Gasteiger partial charge in [-0.1, -0.05) is 54.6 Å². The van der Waals surface area contributed by atoms with Crippen LogP contribution in [0.15, 0.2) is 66.7 Å². The summed E-state index contributed by atoms with van der Waals surface area (Å²) in [5.41, 5.74) is 3.27. The molecule has 0 radical (unpaired) electrons. The van der Waals surface area contributed by atoms with Crippen molar-refractivity contribution in [2.75, 3.05) is 0 Å². The molecule has 0 fully saturated rings. The van der Waals surface area contributed by atoms with E-state index in [2.05, 4.69) is 24.3 Å². The first-order chi connectivity index (χ1) is 10.7. The van der Waals surface area contributed by atoms with Crippen molar-refractivity contribution < 1.29 is 9.59 Å². The quantitative estimate of drug-likeness (QED) is 0.625. The molecule has 3 aromatic carbocycles. The average Bonchev–Trinajstić information content (AvgIpc) is 2.57. The molecule has 0 bridgehead atoms. The van der Waals surface area contributed by atoms with Crippen molar-refractivity contribution in [3.8, 4) is 11.1 Å². The second kappa shape index (κ2) is 4.78. The number of benzene rings is 3. The maximum atomic E-state index is 12.0. The van der Waals surface area contributed by atoms with E-state index in [1.54, 1.807) is 6.08 Å². The Morgan fingerprint density at radius 3 is 2.23 bits per heavy atom. The van der Waals surface area contributed by atoms with Gasteiger partial charge in [-0.25, -0.2) is 0 Å². The van der Waals surface area contributed by atoms with Crippen molar-refractivity contribution in [3.05, 3.63) is 77.9 Å². The number of carbonyl (C=O) groups is 2. The summed E-state index contributed by atoms with van der Waals surface area (Å²) in [5.74, 6) is -0.886. The summed E-state index contributed by atoms with van der Waals surface area (Å²) >= 11 is 0. The summed E-state index contributed by atoms with van der Waals surface area (Å²) in [5, 5.41) is 2.33. The van der Waals surface area contributed by atoms with Crippen LogP contribution in [0.3, 0.4) is 0 Å². The van der Waals surface area contributed by atoms with Gasteiger partial charge in [0.2, 0.25) is 11.6 Å². The van der Waals surface area contributed by atoms with E-state index in [0.717, 1.165) is 22.1 Å². The van der Waals surface area contributed by atoms with Crippen LogP contribution in [0, 0.1) is 0 Å². The maximum absolute atomic E-state index is 12.0. The Morgan fingerprint density at radius 1 is 0.636 bits per heavy atom. The summed E-state index contributed by atoms with van der Waals surface area (Å²) in [4.78, 5) is 23.6. The van der Waals surface area contributed by atoms with Crippen molar-refractivity contribution >= 4 is 28.4 Å². The Morgan fingerprint density at radius 2 is 1.36 bits per heavy atom. The molecular formula is C20H12O2. The SMILES string of the molecule is O=C1C=Cc2ccc(-c3ccc4ccccc4c3)cc2C1=O. The largest absolute Gasteiger partial charge is 0.286 e. The lowest BCUT2D eigenvalue weighted by Gasteiger charge is -2.11. The highest BCUT2D eigenvalue weighted by Gasteiger charge is 2.21. The first-order valence-corrected chi connectivity index (χ1v) is 7.12. The average molecular weight is 284 g/mol. The molecule has 0 unspecified atom stereocenters. The summed E-state index contributed by atoms with van der Waals surface area (Å²) in [6, 6.07) is 20.0. The molecule has 0 aromatic heterocycles. The third-order valence-corrected chi connectivity index (χ3v) is 4.02. The van der Waals surface area contributed by atoms with Gasteiger partial charge < -0.3 is 0 Å². The van der Waals surface area contributed by atoms with E-state index in [9.17, 15) is 9.59 Å². The molecule has 0 spiro atoms. The molecule has 22 heavy (non-hydrogen) atoms. The monoisotopic (exact) mass is 284 g/mol. The van der Waals surface area contributed by atoms with Crippen molar-refractivity contribution in [1.82, 2.24) is 0 Å². The second-order valence-electron chi connectivity index (χ2n) is 5.39. The van der Waals surface area contributed by atoms with Crippen molar-refractivity contribution in [2.45, 2.75) is 0 Å². The van der Waals surface area contributed by atoms with Crippen LogP contribution in [0.2, 0.25) is 0 Å². The predicted molar refractivity (Wildman–Crippen MR) is 87.8 cm³/mol. The molecule has 0 aliphatic heterocycles. The van der Waals surface area contributed by atoms with Gasteiger partial charge in [-0.05, 0) is 45.7 Å². The Kier molecular flexibility index (Phi) is 2.76. The molecule has 2 nitrogen and oxygen atoms in total. The van der Waals surface area contributed by atoms with E-state index in [0.29, 0.717) is 5.56 Å². The van der Waals surface area contributed by atoms with E-state index in [4.69, 9.17) is 0 Å². The van der Waals surface area contributed by atoms with Gasteiger partial charge in [0.25, 0.3) is 0 Å². The predicted octanol–water partition coefficient (Wildman–Crippen LogP) is 4.29. The number of Topliss-reactive ketones (excluding diaryl/α,β-unsaturated/α-hetero) is 1. The van der Waals surface area contributed by atoms with Gasteiger partial charge in [-0.3, -0.25) is 9.59 Å². The molecule has 2 heteroatoms. The molecule has 1 aliphatic carbocycles. The molecule has 4 rings (SSSR count). The van der Waals surface area contributed by atoms with Crippen LogP contribution in [0.1, 0.15) is 15.9 Å². The number of ketones is 2. The highest BCUT2D eigenvalue weighted by atomic mass is 16.2. The van der Waals surface area contributed by atoms with Gasteiger partial charge in [0.05, 0.1) is 0 Å². The minimum absolute atomic E-state index is 0.430. The zero-order valence-electron chi connectivity index (χ0n) is 11.7. The van der Waals surface area contributed by atoms with Crippen molar-refractivity contribution in [1.29, 1.82) is 0 Å². The van der Waals surface area contributed by atoms with Gasteiger partial charge in [-0.15, -0.1) is 0 Å². The van der Waals surface area contributed by atoms with E-state index in [-0.39, 0.29) is 0 Å². The van der Waals surface area contributed by atoms with Crippen LogP contribution < -0.4 is 0 Å². The highest BCUT2D eigenvalue weighted by molar-refractivity contribution is 6.50. The lowest BCUT2D eigenvalue weighted by Crippen LogP contribution is -2.16. The molecular weight excluding hydrogens is 272 g/mol. The van der Waals surface area contributed by atoms with Crippen LogP contribution >= 0.6 is 0 Å². The van der Waals surface area contributed by atoms with Crippen LogP contribution in [0.4, 0.5) is 0 Å². The van der Waals surface area contributed by atoms with Gasteiger partial charge >= 0.3 is 0 Å². The lowest BCUT2D eigenvalue weighted by atomic mass is 9.91. The third-order valence-electron chi connectivity index (χ3n) is 4.02. The molecule has 0 N–H and O–H groups in total. The molecule has 0 atom stereocenters. The van der Waals surface area contributed by atoms with E-state index in [1.807, 2.05) is 36.4 Å². The third kappa shape index (κ3) is 1.97. The maximum Gasteiger partial charge on any atom is 0.233 e. The fourth-order valence-electron chi connectivity index (χ4n) is 2.82. The van der Waals surface area contributed by atoms with Gasteiger partial charge in [0.1, 0.15) is 0 Å². The zero-order chi connectivity index (χ0) is 15.1. The normalized spacial score (nSPS) is 13.5. The molecule has 0 heterocycles. The van der Waals surface area contributed by atoms with Crippen LogP contribution in [-0.2, 0) is 4.79 Å². The molecule has 104 valence electrons. The Hall–Kier alpha value is -3.00. The first kappa shape index (κ1) is 12.7. The summed E-state index contributed by atoms with van der Waals surface area (Å²) in [6.07, 6.45) is 3.03. The van der Waals surface area contributed by atoms with Crippen LogP contribution in [0.5, 0.6) is 0 Å². The fourth-order valence-corrected chi connectivity index (χ4v) is 2.82. The second-order valence-corrected chi connectivity index (χ2v) is 5.39. The molecule has 0 saturated heterocycles. The molecule has 1 aliphatic rings. The minimum atomic E-state index is -0.455. The van der Waals surface area contributed by atoms with Crippen LogP contribution in [-0.4, -0.2) is 11.6 Å². The van der Waals surface area contributed by atoms with Crippen molar-refractivity contribution in [3.63, 3.8) is 0 Å². The van der Waals surface area contributed by atoms with Gasteiger partial charge in [-0.2, -0.15) is 0 Å². The Balaban J connectivity index is 1.87. The topological polar surface area (TPSA) is 34.1 Å². The number of rotatable bonds is 1. The summed E-state index contributed by atoms with van der Waals surface area (Å²) in [7, 11) is 0. The van der Waals surface area contributed by atoms with E-state index < -0.39 is 11.6 Å². The number of hydrogen-bond donors (Lipinski definition) is 0. The first-order valence-electron chi connectivity index (χ1n) is 7.12. The smallest absolute Gasteiger partial charge is 0.233 e. The Bertz CT molecular complexity index is 964. The van der Waals surface area contributed by atoms with Gasteiger partial charge in [0, 0.05) is 5.56 Å². The van der Waals surface area contributed by atoms with E-state index in [1.165, 1.54) is 11.5 Å². The Labute approximate surface area is 127 Å². The molecule has 3 aromatic rings. The standard InChI is InChI=1S/C20H12O2/c21-19-10-9-14-6-8-17(12-18(14)20(19)22)16-7-5-13-3-1-2-4-15(13)11-16/h1-12H. The molecule has 0 saturated carbocycles. The highest BCUT2D eigenvalue weighted by Crippen LogP contribution is 2.28. The molecule has 0 amide bonds. The van der Waals surface area contributed by atoms with E-state index >= 15 is 0 Å². The van der Waals surface area contributed by atoms with Crippen molar-refractivity contribution in [2.24, 2.45) is 0 Å². The number of carbonyl (C=O) groups excluding carboxylic acids is 2. The zero-order valence-corrected chi connectivity index (χ0v) is 11.7. The fraction of sp³-hybridized carbons (Fsp3) is 0. The van der Waals surface area contributed by atoms with Crippen LogP contribution in [0.25, 0.3) is 28.0 Å². The minimum Gasteiger partial charge on any atom is -0.286 e. The summed E-state index contributed by atoms with van der Waals surface area (Å²) < 4.78 is 0.